The first kappa shape index (κ1) is 13.6. The Labute approximate surface area is 102 Å². The minimum Gasteiger partial charge on any atom is -0.444 e. The van der Waals surface area contributed by atoms with E-state index in [-0.39, 0.29) is 12.1 Å². The minimum absolute atomic E-state index is 0.0258. The highest BCUT2D eigenvalue weighted by Gasteiger charge is 2.28. The molecule has 0 saturated carbocycles. The molecular weight excluding hydrogens is 222 g/mol. The van der Waals surface area contributed by atoms with Gasteiger partial charge in [-0.05, 0) is 27.2 Å². The molecule has 0 radical (unpaired) electrons. The molecule has 98 valence electrons. The Bertz CT molecular complexity index is 299. The lowest BCUT2D eigenvalue weighted by Crippen LogP contribution is -2.42. The SMILES string of the molecule is CNC(=O)N1CCC(NC(=O)OC(C)(C)C)C1. The predicted octanol–water partition coefficient (Wildman–Crippen LogP) is 0.925. The van der Waals surface area contributed by atoms with Crippen LogP contribution in [0.4, 0.5) is 9.59 Å². The van der Waals surface area contributed by atoms with Crippen molar-refractivity contribution in [3.8, 4) is 0 Å². The Kier molecular flexibility index (Phi) is 4.20. The Morgan fingerprint density at radius 2 is 2.00 bits per heavy atom. The van der Waals surface area contributed by atoms with Crippen LogP contribution in [0.2, 0.25) is 0 Å². The number of nitrogens with one attached hydrogen (secondary N) is 2. The monoisotopic (exact) mass is 243 g/mol. The van der Waals surface area contributed by atoms with E-state index in [4.69, 9.17) is 4.74 Å². The van der Waals surface area contributed by atoms with Crippen LogP contribution >= 0.6 is 0 Å². The maximum atomic E-state index is 11.5. The third-order valence-corrected chi connectivity index (χ3v) is 2.41. The Morgan fingerprint density at radius 1 is 1.35 bits per heavy atom. The molecule has 0 spiro atoms. The van der Waals surface area contributed by atoms with Crippen LogP contribution in [0.15, 0.2) is 0 Å². The maximum Gasteiger partial charge on any atom is 0.407 e. The number of hydrogen-bond donors (Lipinski definition) is 2. The zero-order chi connectivity index (χ0) is 13.1. The third-order valence-electron chi connectivity index (χ3n) is 2.41. The molecule has 0 aromatic rings. The largest absolute Gasteiger partial charge is 0.444 e. The molecule has 1 unspecified atom stereocenters. The van der Waals surface area contributed by atoms with Crippen LogP contribution in [0, 0.1) is 0 Å². The zero-order valence-corrected chi connectivity index (χ0v) is 10.9. The number of amides is 3. The molecule has 1 atom stereocenters. The van der Waals surface area contributed by atoms with Crippen LogP contribution in [0.25, 0.3) is 0 Å². The molecule has 1 saturated heterocycles. The van der Waals surface area contributed by atoms with Crippen molar-refractivity contribution in [1.29, 1.82) is 0 Å². The van der Waals surface area contributed by atoms with Gasteiger partial charge in [-0.1, -0.05) is 0 Å². The zero-order valence-electron chi connectivity index (χ0n) is 10.9. The second-order valence-corrected chi connectivity index (χ2v) is 5.13. The number of urea groups is 1. The molecule has 1 aliphatic rings. The van der Waals surface area contributed by atoms with E-state index < -0.39 is 11.7 Å². The van der Waals surface area contributed by atoms with Crippen molar-refractivity contribution in [1.82, 2.24) is 15.5 Å². The smallest absolute Gasteiger partial charge is 0.407 e. The molecule has 6 heteroatoms. The van der Waals surface area contributed by atoms with Gasteiger partial charge in [0.15, 0.2) is 0 Å². The van der Waals surface area contributed by atoms with Crippen molar-refractivity contribution in [3.05, 3.63) is 0 Å². The minimum atomic E-state index is -0.497. The van der Waals surface area contributed by atoms with E-state index in [1.54, 1.807) is 11.9 Å². The topological polar surface area (TPSA) is 70.7 Å². The van der Waals surface area contributed by atoms with Crippen molar-refractivity contribution in [2.24, 2.45) is 0 Å². The van der Waals surface area contributed by atoms with Crippen molar-refractivity contribution in [3.63, 3.8) is 0 Å². The summed E-state index contributed by atoms with van der Waals surface area (Å²) in [7, 11) is 1.59. The van der Waals surface area contributed by atoms with Crippen molar-refractivity contribution >= 4 is 12.1 Å². The standard InChI is InChI=1S/C11H21N3O3/c1-11(2,3)17-10(16)13-8-5-6-14(7-8)9(15)12-4/h8H,5-7H2,1-4H3,(H,12,15)(H,13,16). The fraction of sp³-hybridized carbons (Fsp3) is 0.818. The normalized spacial score (nSPS) is 20.0. The number of carbonyl (C=O) groups excluding carboxylic acids is 2. The molecule has 1 heterocycles. The van der Waals surface area contributed by atoms with Gasteiger partial charge in [-0.3, -0.25) is 0 Å². The first-order valence-electron chi connectivity index (χ1n) is 5.78. The van der Waals surface area contributed by atoms with Gasteiger partial charge in [0.2, 0.25) is 0 Å². The van der Waals surface area contributed by atoms with E-state index in [1.807, 2.05) is 20.8 Å². The average molecular weight is 243 g/mol. The number of nitrogens with zero attached hydrogens (tertiary/aromatic N) is 1. The van der Waals surface area contributed by atoms with Gasteiger partial charge in [-0.15, -0.1) is 0 Å². The van der Waals surface area contributed by atoms with Crippen molar-refractivity contribution in [2.45, 2.75) is 38.8 Å². The van der Waals surface area contributed by atoms with Gasteiger partial charge >= 0.3 is 12.1 Å². The maximum absolute atomic E-state index is 11.5. The molecule has 0 aromatic carbocycles. The summed E-state index contributed by atoms with van der Waals surface area (Å²) in [5.41, 5.74) is -0.497. The van der Waals surface area contributed by atoms with Crippen molar-refractivity contribution < 1.29 is 14.3 Å². The highest BCUT2D eigenvalue weighted by atomic mass is 16.6. The molecule has 1 aliphatic heterocycles. The average Bonchev–Trinajstić information content (AvgIpc) is 2.62. The number of hydrogen-bond acceptors (Lipinski definition) is 3. The summed E-state index contributed by atoms with van der Waals surface area (Å²) in [6.07, 6.45) is 0.327. The van der Waals surface area contributed by atoms with E-state index in [0.29, 0.717) is 13.1 Å². The third kappa shape index (κ3) is 4.50. The fourth-order valence-electron chi connectivity index (χ4n) is 1.69. The number of rotatable bonds is 1. The highest BCUT2D eigenvalue weighted by molar-refractivity contribution is 5.74. The van der Waals surface area contributed by atoms with Gasteiger partial charge in [0.1, 0.15) is 5.60 Å². The van der Waals surface area contributed by atoms with Crippen LogP contribution in [0.3, 0.4) is 0 Å². The van der Waals surface area contributed by atoms with Gasteiger partial charge in [0.25, 0.3) is 0 Å². The van der Waals surface area contributed by atoms with Crippen LogP contribution < -0.4 is 10.6 Å². The molecule has 6 nitrogen and oxygen atoms in total. The Morgan fingerprint density at radius 3 is 2.53 bits per heavy atom. The van der Waals surface area contributed by atoms with Gasteiger partial charge < -0.3 is 20.3 Å². The van der Waals surface area contributed by atoms with E-state index in [9.17, 15) is 9.59 Å². The molecule has 0 aliphatic carbocycles. The molecule has 1 rings (SSSR count). The predicted molar refractivity (Wildman–Crippen MR) is 63.8 cm³/mol. The van der Waals surface area contributed by atoms with Gasteiger partial charge in [0, 0.05) is 20.1 Å². The highest BCUT2D eigenvalue weighted by Crippen LogP contribution is 2.11. The lowest BCUT2D eigenvalue weighted by atomic mass is 10.2. The summed E-state index contributed by atoms with van der Waals surface area (Å²) in [6.45, 7) is 6.63. The summed E-state index contributed by atoms with van der Waals surface area (Å²) in [6, 6.07) is -0.138. The number of likely N-dealkylation sites (tertiary alicyclic amines) is 1. The first-order chi connectivity index (χ1) is 7.81. The van der Waals surface area contributed by atoms with E-state index in [0.717, 1.165) is 6.42 Å². The second kappa shape index (κ2) is 5.25. The molecular formula is C11H21N3O3. The molecule has 3 amide bonds. The summed E-state index contributed by atoms with van der Waals surface area (Å²) in [5.74, 6) is 0. The lowest BCUT2D eigenvalue weighted by Gasteiger charge is -2.22. The molecule has 1 fully saturated rings. The number of alkyl carbamates (subject to hydrolysis) is 1. The lowest BCUT2D eigenvalue weighted by molar-refractivity contribution is 0.0506. The molecule has 0 aromatic heterocycles. The van der Waals surface area contributed by atoms with E-state index >= 15 is 0 Å². The van der Waals surface area contributed by atoms with Gasteiger partial charge in [-0.25, -0.2) is 9.59 Å². The Hall–Kier alpha value is -1.46. The molecule has 0 bridgehead atoms. The summed E-state index contributed by atoms with van der Waals surface area (Å²) >= 11 is 0. The van der Waals surface area contributed by atoms with Crippen LogP contribution in [0.5, 0.6) is 0 Å². The van der Waals surface area contributed by atoms with Crippen LogP contribution in [-0.4, -0.2) is 48.8 Å². The summed E-state index contributed by atoms with van der Waals surface area (Å²) in [4.78, 5) is 24.5. The van der Waals surface area contributed by atoms with E-state index in [2.05, 4.69) is 10.6 Å². The van der Waals surface area contributed by atoms with Crippen LogP contribution in [-0.2, 0) is 4.74 Å². The quantitative estimate of drug-likeness (QED) is 0.719. The second-order valence-electron chi connectivity index (χ2n) is 5.13. The Balaban J connectivity index is 2.35. The van der Waals surface area contributed by atoms with Crippen LogP contribution in [0.1, 0.15) is 27.2 Å². The summed E-state index contributed by atoms with van der Waals surface area (Å²) < 4.78 is 5.15. The van der Waals surface area contributed by atoms with Gasteiger partial charge in [-0.2, -0.15) is 0 Å². The molecule has 2 N–H and O–H groups in total. The van der Waals surface area contributed by atoms with Gasteiger partial charge in [0.05, 0.1) is 6.04 Å². The van der Waals surface area contributed by atoms with Crippen molar-refractivity contribution in [2.75, 3.05) is 20.1 Å². The fourth-order valence-corrected chi connectivity index (χ4v) is 1.69. The number of carbonyl (C=O) groups is 2. The first-order valence-corrected chi connectivity index (χ1v) is 5.78. The van der Waals surface area contributed by atoms with E-state index in [1.165, 1.54) is 0 Å². The number of ether oxygens (including phenoxy) is 1. The summed E-state index contributed by atoms with van der Waals surface area (Å²) in [5, 5.41) is 5.32. The molecule has 17 heavy (non-hydrogen) atoms.